The molecular formula is C28H34O10. The summed E-state index contributed by atoms with van der Waals surface area (Å²) in [4.78, 5) is 83.3. The van der Waals surface area contributed by atoms with Gasteiger partial charge in [0.25, 0.3) is 0 Å². The van der Waals surface area contributed by atoms with E-state index in [4.69, 9.17) is 29.3 Å². The molecule has 0 aliphatic rings. The van der Waals surface area contributed by atoms with Crippen LogP contribution in [0.5, 0.6) is 0 Å². The fourth-order valence-electron chi connectivity index (χ4n) is 2.75. The van der Waals surface area contributed by atoms with Crippen molar-refractivity contribution in [1.82, 2.24) is 0 Å². The van der Waals surface area contributed by atoms with Gasteiger partial charge in [0.1, 0.15) is 16.8 Å². The first kappa shape index (κ1) is 30.6. The summed E-state index contributed by atoms with van der Waals surface area (Å²) in [7, 11) is 0. The first-order valence-electron chi connectivity index (χ1n) is 11.9. The van der Waals surface area contributed by atoms with Crippen LogP contribution in [0, 0.1) is 0 Å². The van der Waals surface area contributed by atoms with Gasteiger partial charge < -0.3 is 0 Å². The normalized spacial score (nSPS) is 12.0. The molecule has 0 heterocycles. The lowest BCUT2D eigenvalue weighted by atomic mass is 9.91. The summed E-state index contributed by atoms with van der Waals surface area (Å²) in [6.45, 7) is 14.7. The number of hydrogen-bond acceptors (Lipinski definition) is 10. The van der Waals surface area contributed by atoms with Gasteiger partial charge in [-0.05, 0) is 74.4 Å². The Morgan fingerprint density at radius 2 is 0.868 bits per heavy atom. The summed E-state index contributed by atoms with van der Waals surface area (Å²) >= 11 is 0. The molecule has 2 aromatic carbocycles. The summed E-state index contributed by atoms with van der Waals surface area (Å²) in [5.74, 6) is -4.20. The van der Waals surface area contributed by atoms with E-state index in [0.717, 1.165) is 6.07 Å². The summed E-state index contributed by atoms with van der Waals surface area (Å²) < 4.78 is 0. The Morgan fingerprint density at radius 1 is 0.500 bits per heavy atom. The summed E-state index contributed by atoms with van der Waals surface area (Å²) in [5, 5.41) is 0. The van der Waals surface area contributed by atoms with Crippen LogP contribution in [0.15, 0.2) is 42.5 Å². The van der Waals surface area contributed by atoms with E-state index in [1.54, 1.807) is 80.5 Å². The van der Waals surface area contributed by atoms with E-state index in [-0.39, 0.29) is 11.1 Å². The predicted molar refractivity (Wildman–Crippen MR) is 135 cm³/mol. The quantitative estimate of drug-likeness (QED) is 0.243. The maximum atomic E-state index is 13.4. The van der Waals surface area contributed by atoms with Gasteiger partial charge in [-0.25, -0.2) is 14.4 Å². The van der Waals surface area contributed by atoms with E-state index in [2.05, 4.69) is 0 Å². The first-order valence-corrected chi connectivity index (χ1v) is 11.9. The van der Waals surface area contributed by atoms with E-state index >= 15 is 0 Å². The Bertz CT molecular complexity index is 1180. The van der Waals surface area contributed by atoms with Gasteiger partial charge in [-0.1, -0.05) is 30.3 Å². The third kappa shape index (κ3) is 9.05. The van der Waals surface area contributed by atoms with Crippen molar-refractivity contribution in [2.24, 2.45) is 0 Å². The van der Waals surface area contributed by atoms with Crippen molar-refractivity contribution in [2.75, 3.05) is 0 Å². The molecule has 2 rings (SSSR count). The molecule has 206 valence electrons. The molecule has 0 atom stereocenters. The zero-order chi connectivity index (χ0) is 28.9. The monoisotopic (exact) mass is 530 g/mol. The van der Waals surface area contributed by atoms with Crippen LogP contribution in [-0.4, -0.2) is 40.5 Å². The molecule has 0 saturated carbocycles. The van der Waals surface area contributed by atoms with Crippen LogP contribution in [0.25, 0.3) is 0 Å². The highest BCUT2D eigenvalue weighted by Crippen LogP contribution is 2.27. The number of benzene rings is 2. The molecule has 10 nitrogen and oxygen atoms in total. The molecule has 2 aromatic rings. The second-order valence-corrected chi connectivity index (χ2v) is 11.3. The van der Waals surface area contributed by atoms with Gasteiger partial charge in [-0.2, -0.15) is 14.7 Å². The topological polar surface area (TPSA) is 124 Å². The SMILES string of the molecule is CC(C)(C)OOC(=O)c1ccc(C(=O)c2ccccc2)c(C(=O)OOC(C)(C)C)c1C(=O)OOC(C)(C)C. The molecule has 0 N–H and O–H groups in total. The largest absolute Gasteiger partial charge is 0.374 e. The Hall–Kier alpha value is -3.60. The molecule has 38 heavy (non-hydrogen) atoms. The maximum absolute atomic E-state index is 13.4. The number of ketones is 1. The third-order valence-corrected chi connectivity index (χ3v) is 4.22. The Morgan fingerprint density at radius 3 is 1.29 bits per heavy atom. The zero-order valence-corrected chi connectivity index (χ0v) is 23.1. The predicted octanol–water partition coefficient (Wildman–Crippen LogP) is 5.58. The molecule has 0 spiro atoms. The minimum Gasteiger partial charge on any atom is -0.292 e. The first-order chi connectivity index (χ1) is 17.4. The maximum Gasteiger partial charge on any atom is 0.374 e. The van der Waals surface area contributed by atoms with E-state index in [0.29, 0.717) is 0 Å². The highest BCUT2D eigenvalue weighted by atomic mass is 17.2. The highest BCUT2D eigenvalue weighted by Gasteiger charge is 2.35. The Kier molecular flexibility index (Phi) is 9.55. The van der Waals surface area contributed by atoms with E-state index in [1.165, 1.54) is 18.2 Å². The van der Waals surface area contributed by atoms with Crippen LogP contribution >= 0.6 is 0 Å². The van der Waals surface area contributed by atoms with E-state index < -0.39 is 57.2 Å². The van der Waals surface area contributed by atoms with Crippen molar-refractivity contribution >= 4 is 23.7 Å². The summed E-state index contributed by atoms with van der Waals surface area (Å²) in [6, 6.07) is 10.4. The summed E-state index contributed by atoms with van der Waals surface area (Å²) in [6.07, 6.45) is 0. The van der Waals surface area contributed by atoms with Gasteiger partial charge in [-0.15, -0.1) is 0 Å². The molecule has 0 aliphatic heterocycles. The molecule has 0 saturated heterocycles. The molecular weight excluding hydrogens is 496 g/mol. The molecule has 0 aromatic heterocycles. The van der Waals surface area contributed by atoms with E-state index in [9.17, 15) is 19.2 Å². The van der Waals surface area contributed by atoms with Crippen molar-refractivity contribution in [3.63, 3.8) is 0 Å². The molecule has 0 aliphatic carbocycles. The van der Waals surface area contributed by atoms with Crippen molar-refractivity contribution in [2.45, 2.75) is 79.1 Å². The van der Waals surface area contributed by atoms with Crippen LogP contribution in [0.2, 0.25) is 0 Å². The third-order valence-electron chi connectivity index (χ3n) is 4.22. The van der Waals surface area contributed by atoms with Crippen molar-refractivity contribution < 1.29 is 48.5 Å². The molecule has 0 fully saturated rings. The number of rotatable bonds is 8. The molecule has 0 amide bonds. The second kappa shape index (κ2) is 11.8. The van der Waals surface area contributed by atoms with Gasteiger partial charge in [0.15, 0.2) is 5.78 Å². The van der Waals surface area contributed by atoms with Crippen molar-refractivity contribution in [3.05, 3.63) is 70.3 Å². The molecule has 0 unspecified atom stereocenters. The summed E-state index contributed by atoms with van der Waals surface area (Å²) in [5.41, 5.74) is -4.38. The lowest BCUT2D eigenvalue weighted by Gasteiger charge is -2.21. The van der Waals surface area contributed by atoms with Crippen LogP contribution in [0.4, 0.5) is 0 Å². The minimum atomic E-state index is -1.24. The number of carbonyl (C=O) groups is 4. The highest BCUT2D eigenvalue weighted by molar-refractivity contribution is 6.19. The van der Waals surface area contributed by atoms with Gasteiger partial charge in [0.05, 0.1) is 16.7 Å². The number of carbonyl (C=O) groups excluding carboxylic acids is 4. The van der Waals surface area contributed by atoms with Crippen LogP contribution in [-0.2, 0) is 29.3 Å². The van der Waals surface area contributed by atoms with Gasteiger partial charge >= 0.3 is 17.9 Å². The lowest BCUT2D eigenvalue weighted by molar-refractivity contribution is -0.303. The van der Waals surface area contributed by atoms with Crippen LogP contribution < -0.4 is 0 Å². The molecule has 0 radical (unpaired) electrons. The van der Waals surface area contributed by atoms with Crippen molar-refractivity contribution in [1.29, 1.82) is 0 Å². The second-order valence-electron chi connectivity index (χ2n) is 11.3. The average molecular weight is 531 g/mol. The van der Waals surface area contributed by atoms with Crippen LogP contribution in [0.1, 0.15) is 109 Å². The lowest BCUT2D eigenvalue weighted by Crippen LogP contribution is -2.28. The average Bonchev–Trinajstić information content (AvgIpc) is 2.82. The van der Waals surface area contributed by atoms with E-state index in [1.807, 2.05) is 0 Å². The molecule has 10 heteroatoms. The van der Waals surface area contributed by atoms with Crippen molar-refractivity contribution in [3.8, 4) is 0 Å². The standard InChI is InChI=1S/C28H34O10/c1-26(2,3)36-33-23(30)19-16-15-18(22(29)17-13-11-10-12-14-17)20(24(31)34-37-27(4,5)6)21(19)25(32)35-38-28(7,8)9/h10-16H,1-9H3. The fraction of sp³-hybridized carbons (Fsp3) is 0.429. The Balaban J connectivity index is 2.76. The van der Waals surface area contributed by atoms with Gasteiger partial charge in [-0.3, -0.25) is 19.5 Å². The zero-order valence-electron chi connectivity index (χ0n) is 23.1. The van der Waals surface area contributed by atoms with Gasteiger partial charge in [0, 0.05) is 11.1 Å². The number of hydrogen-bond donors (Lipinski definition) is 0. The van der Waals surface area contributed by atoms with Gasteiger partial charge in [0.2, 0.25) is 0 Å². The van der Waals surface area contributed by atoms with Crippen LogP contribution in [0.3, 0.4) is 0 Å². The molecule has 0 bridgehead atoms. The minimum absolute atomic E-state index is 0.218. The Labute approximate surface area is 221 Å². The smallest absolute Gasteiger partial charge is 0.292 e. The fourth-order valence-corrected chi connectivity index (χ4v) is 2.75.